The molecule has 3 aromatic heterocycles. The van der Waals surface area contributed by atoms with Crippen molar-refractivity contribution in [2.24, 2.45) is 0 Å². The highest BCUT2D eigenvalue weighted by atomic mass is 16.3. The molecule has 0 radical (unpaired) electrons. The molecule has 3 heterocycles. The van der Waals surface area contributed by atoms with Gasteiger partial charge in [-0.25, -0.2) is 0 Å². The first-order chi connectivity index (χ1) is 64.0. The van der Waals surface area contributed by atoms with Crippen LogP contribution in [-0.4, -0.2) is 0 Å². The molecule has 0 atom stereocenters. The van der Waals surface area contributed by atoms with Gasteiger partial charge >= 0.3 is 0 Å². The van der Waals surface area contributed by atoms with Crippen molar-refractivity contribution in [3.8, 4) is 100 Å². The molecule has 21 aromatic carbocycles. The van der Waals surface area contributed by atoms with Gasteiger partial charge in [0.05, 0.1) is 0 Å². The van der Waals surface area contributed by atoms with Crippen LogP contribution in [0.3, 0.4) is 0 Å². The van der Waals surface area contributed by atoms with E-state index in [1.165, 1.54) is 146 Å². The predicted molar refractivity (Wildman–Crippen MR) is 517 cm³/mol. The molecule has 24 rings (SSSR count). The summed E-state index contributed by atoms with van der Waals surface area (Å²) in [6, 6.07) is 156. The van der Waals surface area contributed by atoms with Crippen molar-refractivity contribution in [2.75, 3.05) is 0 Å². The zero-order chi connectivity index (χ0) is 89.3. The van der Waals surface area contributed by atoms with Gasteiger partial charge in [-0.3, -0.25) is 0 Å². The number of hydrogen-bond acceptors (Lipinski definition) is 3. The fourth-order valence-electron chi connectivity index (χ4n) is 18.3. The Hall–Kier alpha value is -15.4. The Morgan fingerprint density at radius 2 is 0.269 bits per heavy atom. The van der Waals surface area contributed by atoms with Gasteiger partial charge < -0.3 is 13.3 Å². The zero-order valence-electron chi connectivity index (χ0n) is 75.8. The highest BCUT2D eigenvalue weighted by Gasteiger charge is 2.23. The standard InChI is InChI=1S/3C38H24O.2CH4.4H2/c3*1-3-11-25(12-4-1)27-19-21-29-30-22-20-28(24-36(30)39-35(29)23-27)38-33-17-9-7-15-31(33)37(26-13-5-2-6-14-26)32-16-8-10-18-34(32)38;;;;;;/h3*1-24H;2*1H4;4*1H/i;;;2*1D;4*1+1D. The van der Waals surface area contributed by atoms with Gasteiger partial charge in [-0.15, -0.1) is 0 Å². The monoisotopic (exact) mass is 1540 g/mol. The Kier molecular flexibility index (Phi) is 17.0. The number of hydrogen-bond donors (Lipinski definition) is 0. The molecular weight excluding hydrogens is 1440 g/mol. The highest BCUT2D eigenvalue weighted by molar-refractivity contribution is 6.25. The van der Waals surface area contributed by atoms with Crippen LogP contribution < -0.4 is 0 Å². The molecule has 0 saturated carbocycles. The van der Waals surface area contributed by atoms with Crippen LogP contribution in [0.15, 0.2) is 450 Å². The quantitative estimate of drug-likeness (QED) is 0.135. The third-order valence-corrected chi connectivity index (χ3v) is 23.6. The van der Waals surface area contributed by atoms with Gasteiger partial charge in [-0.2, -0.15) is 0 Å². The minimum atomic E-state index is 0.910. The maximum atomic E-state index is 6.49. The summed E-state index contributed by atoms with van der Waals surface area (Å²) < 4.78 is 71.0. The van der Waals surface area contributed by atoms with Gasteiger partial charge in [0.15, 0.2) is 0 Å². The van der Waals surface area contributed by atoms with Crippen LogP contribution in [0.25, 0.3) is 231 Å². The lowest BCUT2D eigenvalue weighted by Crippen LogP contribution is -1.90. The Bertz CT molecular complexity index is 7090. The first-order valence-corrected chi connectivity index (χ1v) is 40.1. The summed E-state index contributed by atoms with van der Waals surface area (Å²) in [6.45, 7) is 0. The molecule has 0 bridgehead atoms. The summed E-state index contributed by atoms with van der Waals surface area (Å²) in [7, 11) is 2.50. The minimum Gasteiger partial charge on any atom is -0.456 e. The third-order valence-electron chi connectivity index (χ3n) is 23.6. The lowest BCUT2D eigenvalue weighted by Gasteiger charge is -2.17. The van der Waals surface area contributed by atoms with Gasteiger partial charge in [0, 0.05) is 46.9 Å². The summed E-state index contributed by atoms with van der Waals surface area (Å²) in [5.41, 5.74) is 27.3. The van der Waals surface area contributed by atoms with Crippen LogP contribution in [0, 0.1) is 0 Å². The molecule has 570 valence electrons. The fourth-order valence-corrected chi connectivity index (χ4v) is 18.3. The zero-order valence-corrected chi connectivity index (χ0v) is 65.8. The summed E-state index contributed by atoms with van der Waals surface area (Å²) in [5, 5.41) is 21.9. The van der Waals surface area contributed by atoms with Crippen molar-refractivity contribution in [3.63, 3.8) is 0 Å². The van der Waals surface area contributed by atoms with E-state index in [1.54, 1.807) is 0 Å². The van der Waals surface area contributed by atoms with Crippen molar-refractivity contribution in [1.29, 1.82) is 0 Å². The number of rotatable bonds is 9. The van der Waals surface area contributed by atoms with Crippen LogP contribution in [0.5, 0.6) is 0 Å². The molecule has 0 aliphatic carbocycles. The topological polar surface area (TPSA) is 39.4 Å². The van der Waals surface area contributed by atoms with Crippen molar-refractivity contribution < 1.29 is 27.9 Å². The van der Waals surface area contributed by atoms with E-state index in [2.05, 4.69) is 419 Å². The maximum absolute atomic E-state index is 6.49. The van der Waals surface area contributed by atoms with Crippen LogP contribution in [0.2, 0.25) is 0 Å². The molecule has 0 fully saturated rings. The van der Waals surface area contributed by atoms with Crippen LogP contribution in [0.4, 0.5) is 0 Å². The normalized spacial score (nSPS) is 11.8. The summed E-state index contributed by atoms with van der Waals surface area (Å²) in [5.74, 6) is 0. The molecule has 0 unspecified atom stereocenters. The van der Waals surface area contributed by atoms with Gasteiger partial charge in [-0.1, -0.05) is 379 Å². The van der Waals surface area contributed by atoms with Crippen molar-refractivity contribution in [2.45, 2.75) is 14.8 Å². The Morgan fingerprint density at radius 1 is 0.134 bits per heavy atom. The third kappa shape index (κ3) is 12.8. The predicted octanol–water partition coefficient (Wildman–Crippen LogP) is 34.9. The molecule has 0 N–H and O–H groups in total. The van der Waals surface area contributed by atoms with Gasteiger partial charge in [0.25, 0.3) is 0 Å². The second kappa shape index (κ2) is 30.7. The second-order valence-electron chi connectivity index (χ2n) is 30.3. The molecule has 0 saturated heterocycles. The van der Waals surface area contributed by atoms with E-state index in [0.29, 0.717) is 0 Å². The molecule has 3 heteroatoms. The number of fused-ring (bicyclic) bond motifs is 15. The summed E-state index contributed by atoms with van der Waals surface area (Å²) in [4.78, 5) is 0. The lowest BCUT2D eigenvalue weighted by molar-refractivity contribution is 0.669. The molecule has 24 aromatic rings. The van der Waals surface area contributed by atoms with Gasteiger partial charge in [0.1, 0.15) is 33.5 Å². The minimum absolute atomic E-state index is 0.910. The van der Waals surface area contributed by atoms with Crippen LogP contribution >= 0.6 is 0 Å². The lowest BCUT2D eigenvalue weighted by atomic mass is 9.86. The van der Waals surface area contributed by atoms with Crippen molar-refractivity contribution in [3.05, 3.63) is 437 Å². The Morgan fingerprint density at radius 3 is 0.445 bits per heavy atom. The summed E-state index contributed by atoms with van der Waals surface area (Å²) >= 11 is 0. The van der Waals surface area contributed by atoms with E-state index in [0.717, 1.165) is 99.2 Å². The largest absolute Gasteiger partial charge is 0.456 e. The smallest absolute Gasteiger partial charge is 0.136 e. The molecule has 0 aliphatic heterocycles. The Labute approximate surface area is 706 Å². The number of furan rings is 3. The van der Waals surface area contributed by atoms with Gasteiger partial charge in [0.2, 0.25) is 0 Å². The molecule has 119 heavy (non-hydrogen) atoms. The van der Waals surface area contributed by atoms with E-state index in [1.807, 2.05) is 18.2 Å². The molecule has 3 nitrogen and oxygen atoms in total. The van der Waals surface area contributed by atoms with E-state index < -0.39 is 0 Å². The van der Waals surface area contributed by atoms with Crippen molar-refractivity contribution >= 4 is 130 Å². The second-order valence-corrected chi connectivity index (χ2v) is 30.3. The van der Waals surface area contributed by atoms with E-state index in [4.69, 9.17) is 27.9 Å². The number of benzene rings is 21. The molecule has 0 amide bonds. The SMILES string of the molecule is [2H]C.[2H]C.[2H][2H].[2H][2H].[2H][2H].[2H][2H].c1ccc(-c2ccc3c(c2)oc2cc(-c4c5ccccc5c(-c5ccccc5)c5ccccc45)ccc23)cc1.c1ccc(-c2ccc3c(c2)oc2cc(-c4c5ccccc5c(-c5ccccc5)c5ccccc45)ccc23)cc1.c1ccc(-c2ccc3c(c2)oc2cc(-c4c5ccccc5c(-c5ccccc5)c5ccccc45)ccc23)cc1. The van der Waals surface area contributed by atoms with Crippen LogP contribution in [0.1, 0.15) is 29.4 Å². The van der Waals surface area contributed by atoms with Crippen LogP contribution in [-0.2, 0) is 0 Å². The van der Waals surface area contributed by atoms with Gasteiger partial charge in [-0.05, 0) is 238 Å². The first kappa shape index (κ1) is 65.9. The average Bonchev–Trinajstić information content (AvgIpc) is 1.63. The molecular formula is C116H88O3. The Balaban J connectivity index is 0.000000134. The molecule has 0 aliphatic rings. The first-order valence-electron chi connectivity index (χ1n) is 46.1. The molecule has 0 spiro atoms. The van der Waals surface area contributed by atoms with E-state index >= 15 is 0 Å². The highest BCUT2D eigenvalue weighted by Crippen LogP contribution is 2.50. The average molecular weight is 1540 g/mol. The fraction of sp³-hybridized carbons (Fsp3) is 0.0172. The maximum Gasteiger partial charge on any atom is 0.136 e. The van der Waals surface area contributed by atoms with E-state index in [9.17, 15) is 0 Å². The summed E-state index contributed by atoms with van der Waals surface area (Å²) in [6.07, 6.45) is 0. The van der Waals surface area contributed by atoms with E-state index in [-0.39, 0.29) is 0 Å². The van der Waals surface area contributed by atoms with Crippen molar-refractivity contribution in [1.82, 2.24) is 0 Å².